The lowest BCUT2D eigenvalue weighted by atomic mass is 10.2. The van der Waals surface area contributed by atoms with Crippen LogP contribution in [-0.4, -0.2) is 31.7 Å². The van der Waals surface area contributed by atoms with Crippen molar-refractivity contribution in [3.05, 3.63) is 57.7 Å². The van der Waals surface area contributed by atoms with Gasteiger partial charge in [0.05, 0.1) is 10.0 Å². The van der Waals surface area contributed by atoms with Crippen LogP contribution < -0.4 is 15.5 Å². The summed E-state index contributed by atoms with van der Waals surface area (Å²) in [6.07, 6.45) is 0.669. The Morgan fingerprint density at radius 3 is 2.62 bits per heavy atom. The molecule has 0 spiro atoms. The molecule has 2 aromatic rings. The quantitative estimate of drug-likeness (QED) is 0.822. The molecule has 0 atom stereocenters. The van der Waals surface area contributed by atoms with Crippen molar-refractivity contribution < 1.29 is 4.79 Å². The summed E-state index contributed by atoms with van der Waals surface area (Å²) in [7, 11) is 3.89. The molecule has 0 unspecified atom stereocenters. The molecule has 0 bridgehead atoms. The zero-order valence-electron chi connectivity index (χ0n) is 13.6. The molecule has 128 valence electrons. The number of halogens is 2. The van der Waals surface area contributed by atoms with Gasteiger partial charge in [-0.05, 0) is 29.8 Å². The summed E-state index contributed by atoms with van der Waals surface area (Å²) in [5.74, 6) is 0.900. The van der Waals surface area contributed by atoms with Crippen LogP contribution in [0.5, 0.6) is 0 Å². The standard InChI is InChI=1S/C17H20Cl2N4O/c1-23(2)16-5-3-4-13(22-16)8-9-20-17(24)21-11-12-6-7-14(18)15(19)10-12/h3-7,10H,8-9,11H2,1-2H3,(H2,20,21,24). The SMILES string of the molecule is CN(C)c1cccc(CCNC(=O)NCc2ccc(Cl)c(Cl)c2)n1. The zero-order valence-corrected chi connectivity index (χ0v) is 15.2. The van der Waals surface area contributed by atoms with Crippen LogP contribution >= 0.6 is 23.2 Å². The summed E-state index contributed by atoms with van der Waals surface area (Å²) in [5.41, 5.74) is 1.82. The van der Waals surface area contributed by atoms with Gasteiger partial charge in [-0.1, -0.05) is 35.3 Å². The molecule has 2 rings (SSSR count). The highest BCUT2D eigenvalue weighted by molar-refractivity contribution is 6.42. The average Bonchev–Trinajstić information content (AvgIpc) is 2.56. The molecular weight excluding hydrogens is 347 g/mol. The van der Waals surface area contributed by atoms with Crippen molar-refractivity contribution in [2.75, 3.05) is 25.5 Å². The van der Waals surface area contributed by atoms with E-state index in [1.807, 2.05) is 43.3 Å². The maximum atomic E-state index is 11.8. The van der Waals surface area contributed by atoms with Gasteiger partial charge in [0.1, 0.15) is 5.82 Å². The monoisotopic (exact) mass is 366 g/mol. The van der Waals surface area contributed by atoms with Crippen molar-refractivity contribution in [2.45, 2.75) is 13.0 Å². The van der Waals surface area contributed by atoms with E-state index >= 15 is 0 Å². The van der Waals surface area contributed by atoms with Gasteiger partial charge in [0.2, 0.25) is 0 Å². The van der Waals surface area contributed by atoms with Crippen LogP contribution in [0.2, 0.25) is 10.0 Å². The number of urea groups is 1. The van der Waals surface area contributed by atoms with Crippen LogP contribution in [0, 0.1) is 0 Å². The van der Waals surface area contributed by atoms with Crippen molar-refractivity contribution in [1.29, 1.82) is 0 Å². The minimum atomic E-state index is -0.232. The molecule has 0 fully saturated rings. The molecule has 0 saturated heterocycles. The zero-order chi connectivity index (χ0) is 17.5. The lowest BCUT2D eigenvalue weighted by Crippen LogP contribution is -2.36. The Hall–Kier alpha value is -1.98. The number of carbonyl (C=O) groups excluding carboxylic acids is 1. The van der Waals surface area contributed by atoms with Gasteiger partial charge in [0, 0.05) is 39.3 Å². The largest absolute Gasteiger partial charge is 0.363 e. The van der Waals surface area contributed by atoms with Crippen LogP contribution in [0.1, 0.15) is 11.3 Å². The van der Waals surface area contributed by atoms with E-state index in [1.165, 1.54) is 0 Å². The summed E-state index contributed by atoms with van der Waals surface area (Å²) in [4.78, 5) is 18.3. The number of nitrogens with one attached hydrogen (secondary N) is 2. The number of nitrogens with zero attached hydrogens (tertiary/aromatic N) is 2. The number of hydrogen-bond acceptors (Lipinski definition) is 3. The molecular formula is C17H20Cl2N4O. The minimum Gasteiger partial charge on any atom is -0.363 e. The van der Waals surface area contributed by atoms with Crippen molar-refractivity contribution >= 4 is 35.1 Å². The van der Waals surface area contributed by atoms with Crippen LogP contribution in [-0.2, 0) is 13.0 Å². The van der Waals surface area contributed by atoms with Crippen molar-refractivity contribution in [3.63, 3.8) is 0 Å². The van der Waals surface area contributed by atoms with Crippen molar-refractivity contribution in [2.24, 2.45) is 0 Å². The predicted molar refractivity (Wildman–Crippen MR) is 99.0 cm³/mol. The molecule has 2 N–H and O–H groups in total. The molecule has 0 radical (unpaired) electrons. The molecule has 1 heterocycles. The van der Waals surface area contributed by atoms with Gasteiger partial charge < -0.3 is 15.5 Å². The molecule has 0 aliphatic rings. The molecule has 7 heteroatoms. The second-order valence-electron chi connectivity index (χ2n) is 5.49. The van der Waals surface area contributed by atoms with E-state index in [0.29, 0.717) is 29.6 Å². The van der Waals surface area contributed by atoms with Gasteiger partial charge in [-0.3, -0.25) is 0 Å². The summed E-state index contributed by atoms with van der Waals surface area (Å²) >= 11 is 11.8. The van der Waals surface area contributed by atoms with Gasteiger partial charge in [-0.15, -0.1) is 0 Å². The van der Waals surface area contributed by atoms with E-state index in [1.54, 1.807) is 12.1 Å². The maximum absolute atomic E-state index is 11.8. The third-order valence-electron chi connectivity index (χ3n) is 3.35. The number of pyridine rings is 1. The molecule has 2 amide bonds. The number of hydrogen-bond donors (Lipinski definition) is 2. The van der Waals surface area contributed by atoms with Crippen LogP contribution in [0.15, 0.2) is 36.4 Å². The Balaban J connectivity index is 1.75. The first kappa shape index (κ1) is 18.4. The predicted octanol–water partition coefficient (Wildman–Crippen LogP) is 3.50. The van der Waals surface area contributed by atoms with Gasteiger partial charge in [-0.2, -0.15) is 0 Å². The highest BCUT2D eigenvalue weighted by Crippen LogP contribution is 2.22. The molecule has 0 saturated carbocycles. The molecule has 1 aromatic carbocycles. The second-order valence-corrected chi connectivity index (χ2v) is 6.30. The van der Waals surface area contributed by atoms with E-state index in [0.717, 1.165) is 17.1 Å². The van der Waals surface area contributed by atoms with Crippen LogP contribution in [0.4, 0.5) is 10.6 Å². The molecule has 0 aliphatic carbocycles. The van der Waals surface area contributed by atoms with Crippen LogP contribution in [0.3, 0.4) is 0 Å². The van der Waals surface area contributed by atoms with E-state index in [9.17, 15) is 4.79 Å². The number of aromatic nitrogens is 1. The molecule has 1 aromatic heterocycles. The summed E-state index contributed by atoms with van der Waals surface area (Å²) in [5, 5.41) is 6.57. The maximum Gasteiger partial charge on any atom is 0.315 e. The third kappa shape index (κ3) is 5.58. The normalized spacial score (nSPS) is 10.3. The van der Waals surface area contributed by atoms with Crippen molar-refractivity contribution in [1.82, 2.24) is 15.6 Å². The number of amides is 2. The van der Waals surface area contributed by atoms with Crippen LogP contribution in [0.25, 0.3) is 0 Å². The molecule has 0 aliphatic heterocycles. The fraction of sp³-hybridized carbons (Fsp3) is 0.294. The molecule has 24 heavy (non-hydrogen) atoms. The fourth-order valence-corrected chi connectivity index (χ4v) is 2.37. The Morgan fingerprint density at radius 2 is 1.92 bits per heavy atom. The number of rotatable bonds is 6. The first-order chi connectivity index (χ1) is 11.5. The first-order valence-corrected chi connectivity index (χ1v) is 8.30. The lowest BCUT2D eigenvalue weighted by Gasteiger charge is -2.12. The Bertz CT molecular complexity index is 707. The second kappa shape index (κ2) is 8.76. The number of anilines is 1. The fourth-order valence-electron chi connectivity index (χ4n) is 2.05. The third-order valence-corrected chi connectivity index (χ3v) is 4.09. The Labute approximate surface area is 152 Å². The highest BCUT2D eigenvalue weighted by Gasteiger charge is 2.04. The number of carbonyl (C=O) groups is 1. The smallest absolute Gasteiger partial charge is 0.315 e. The first-order valence-electron chi connectivity index (χ1n) is 7.54. The molecule has 5 nitrogen and oxygen atoms in total. The topological polar surface area (TPSA) is 57.3 Å². The Kier molecular flexibility index (Phi) is 6.70. The van der Waals surface area contributed by atoms with Gasteiger partial charge in [0.25, 0.3) is 0 Å². The van der Waals surface area contributed by atoms with Gasteiger partial charge >= 0.3 is 6.03 Å². The van der Waals surface area contributed by atoms with E-state index < -0.39 is 0 Å². The summed E-state index contributed by atoms with van der Waals surface area (Å²) in [6, 6.07) is 10.9. The van der Waals surface area contributed by atoms with E-state index in [-0.39, 0.29) is 6.03 Å². The average molecular weight is 367 g/mol. The lowest BCUT2D eigenvalue weighted by molar-refractivity contribution is 0.240. The minimum absolute atomic E-state index is 0.232. The van der Waals surface area contributed by atoms with E-state index in [2.05, 4.69) is 15.6 Å². The highest BCUT2D eigenvalue weighted by atomic mass is 35.5. The van der Waals surface area contributed by atoms with E-state index in [4.69, 9.17) is 23.2 Å². The summed E-state index contributed by atoms with van der Waals surface area (Å²) in [6.45, 7) is 0.897. The number of benzene rings is 1. The van der Waals surface area contributed by atoms with Gasteiger partial charge in [-0.25, -0.2) is 9.78 Å². The Morgan fingerprint density at radius 1 is 1.12 bits per heavy atom. The summed E-state index contributed by atoms with van der Waals surface area (Å²) < 4.78 is 0. The van der Waals surface area contributed by atoms with Crippen molar-refractivity contribution in [3.8, 4) is 0 Å². The van der Waals surface area contributed by atoms with Gasteiger partial charge in [0.15, 0.2) is 0 Å².